The van der Waals surface area contributed by atoms with E-state index in [9.17, 15) is 4.79 Å². The van der Waals surface area contributed by atoms with Crippen LogP contribution in [0.5, 0.6) is 11.5 Å². The van der Waals surface area contributed by atoms with Crippen molar-refractivity contribution in [1.82, 2.24) is 5.32 Å². The summed E-state index contributed by atoms with van der Waals surface area (Å²) in [6.45, 7) is 7.22. The number of carbonyl (C=O) groups is 1. The average molecular weight is 339 g/mol. The van der Waals surface area contributed by atoms with Crippen LogP contribution in [-0.4, -0.2) is 19.1 Å². The molecule has 0 spiro atoms. The predicted octanol–water partition coefficient (Wildman–Crippen LogP) is 3.96. The lowest BCUT2D eigenvalue weighted by molar-refractivity contribution is -0.143. The zero-order chi connectivity index (χ0) is 18.0. The number of fused-ring (bicyclic) bond motifs is 1. The lowest BCUT2D eigenvalue weighted by atomic mass is 9.87. The summed E-state index contributed by atoms with van der Waals surface area (Å²) in [4.78, 5) is 11.7. The minimum absolute atomic E-state index is 0.131. The number of esters is 1. The molecule has 3 rings (SSSR count). The second kappa shape index (κ2) is 6.89. The molecule has 0 radical (unpaired) electrons. The summed E-state index contributed by atoms with van der Waals surface area (Å²) in [5, 5.41) is 3.21. The van der Waals surface area contributed by atoms with E-state index in [1.54, 1.807) is 0 Å². The fraction of sp³-hybridized carbons (Fsp3) is 0.381. The molecule has 1 aliphatic rings. The first-order valence-corrected chi connectivity index (χ1v) is 8.58. The van der Waals surface area contributed by atoms with Gasteiger partial charge in [-0.25, -0.2) is 0 Å². The zero-order valence-electron chi connectivity index (χ0n) is 15.3. The van der Waals surface area contributed by atoms with Crippen LogP contribution in [0.3, 0.4) is 0 Å². The molecule has 0 saturated heterocycles. The molecule has 2 aromatic rings. The maximum atomic E-state index is 11.7. The summed E-state index contributed by atoms with van der Waals surface area (Å²) in [6.07, 6.45) is 0.641. The third kappa shape index (κ3) is 4.02. The van der Waals surface area contributed by atoms with Crippen molar-refractivity contribution in [3.05, 3.63) is 59.2 Å². The molecule has 25 heavy (non-hydrogen) atoms. The minimum Gasteiger partial charge on any atom is -0.468 e. The third-order valence-electron chi connectivity index (χ3n) is 4.58. The van der Waals surface area contributed by atoms with Crippen LogP contribution in [0.25, 0.3) is 0 Å². The number of hydrogen-bond acceptors (Lipinski definition) is 4. The van der Waals surface area contributed by atoms with E-state index in [1.165, 1.54) is 12.7 Å². The number of carbonyl (C=O) groups excluding carboxylic acids is 1. The number of hydrogen-bond donors (Lipinski definition) is 1. The monoisotopic (exact) mass is 339 g/mol. The SMILES string of the molecule is COC(=O)[C@@H]1Cc2ccc(Oc3ccc(C(C)(C)C)cc3)cc2CN1. The summed E-state index contributed by atoms with van der Waals surface area (Å²) in [5.74, 6) is 1.41. The standard InChI is InChI=1S/C21H25NO3/c1-21(2,3)16-6-9-17(10-7-16)25-18-8-5-14-12-19(20(23)24-4)22-13-15(14)11-18/h5-11,19,22H,12-13H2,1-4H3/t19-/m0/s1. The summed E-state index contributed by atoms with van der Waals surface area (Å²) in [6, 6.07) is 14.0. The van der Waals surface area contributed by atoms with Gasteiger partial charge in [0, 0.05) is 6.54 Å². The number of ether oxygens (including phenoxy) is 2. The Hall–Kier alpha value is -2.33. The minimum atomic E-state index is -0.269. The molecule has 1 N–H and O–H groups in total. The molecule has 4 nitrogen and oxygen atoms in total. The molecule has 0 aromatic heterocycles. The molecule has 1 atom stereocenters. The Labute approximate surface area is 149 Å². The van der Waals surface area contributed by atoms with Gasteiger partial charge in [0.1, 0.15) is 17.5 Å². The number of benzene rings is 2. The first-order valence-electron chi connectivity index (χ1n) is 8.58. The summed E-state index contributed by atoms with van der Waals surface area (Å²) < 4.78 is 10.8. The van der Waals surface area contributed by atoms with E-state index in [1.807, 2.05) is 30.3 Å². The number of methoxy groups -OCH3 is 1. The first-order chi connectivity index (χ1) is 11.9. The van der Waals surface area contributed by atoms with Crippen molar-refractivity contribution in [3.8, 4) is 11.5 Å². The maximum absolute atomic E-state index is 11.7. The molecule has 1 heterocycles. The molecule has 132 valence electrons. The number of nitrogens with one attached hydrogen (secondary N) is 1. The Bertz CT molecular complexity index is 760. The second-order valence-electron chi connectivity index (χ2n) is 7.47. The predicted molar refractivity (Wildman–Crippen MR) is 98.0 cm³/mol. The smallest absolute Gasteiger partial charge is 0.323 e. The topological polar surface area (TPSA) is 47.6 Å². The molecule has 0 unspecified atom stereocenters. The normalized spacial score (nSPS) is 16.9. The van der Waals surface area contributed by atoms with E-state index in [0.29, 0.717) is 13.0 Å². The molecule has 0 fully saturated rings. The van der Waals surface area contributed by atoms with Crippen LogP contribution >= 0.6 is 0 Å². The van der Waals surface area contributed by atoms with Gasteiger partial charge in [0.25, 0.3) is 0 Å². The van der Waals surface area contributed by atoms with Gasteiger partial charge in [0.15, 0.2) is 0 Å². The molecule has 4 heteroatoms. The van der Waals surface area contributed by atoms with Crippen LogP contribution in [0, 0.1) is 0 Å². The van der Waals surface area contributed by atoms with Gasteiger partial charge in [0.2, 0.25) is 0 Å². The van der Waals surface area contributed by atoms with Crippen LogP contribution in [0.15, 0.2) is 42.5 Å². The van der Waals surface area contributed by atoms with Crippen molar-refractivity contribution >= 4 is 5.97 Å². The maximum Gasteiger partial charge on any atom is 0.323 e. The zero-order valence-corrected chi connectivity index (χ0v) is 15.3. The lowest BCUT2D eigenvalue weighted by Crippen LogP contribution is -2.42. The summed E-state index contributed by atoms with van der Waals surface area (Å²) in [7, 11) is 1.42. The quantitative estimate of drug-likeness (QED) is 0.860. The van der Waals surface area contributed by atoms with Crippen molar-refractivity contribution in [3.63, 3.8) is 0 Å². The van der Waals surface area contributed by atoms with Gasteiger partial charge in [-0.3, -0.25) is 4.79 Å². The van der Waals surface area contributed by atoms with Crippen LogP contribution in [0.4, 0.5) is 0 Å². The van der Waals surface area contributed by atoms with Crippen molar-refractivity contribution in [2.75, 3.05) is 7.11 Å². The third-order valence-corrected chi connectivity index (χ3v) is 4.58. The Morgan fingerprint density at radius 1 is 1.04 bits per heavy atom. The van der Waals surface area contributed by atoms with E-state index in [4.69, 9.17) is 9.47 Å². The van der Waals surface area contributed by atoms with Gasteiger partial charge in [-0.2, -0.15) is 0 Å². The van der Waals surface area contributed by atoms with E-state index >= 15 is 0 Å². The Morgan fingerprint density at radius 2 is 1.72 bits per heavy atom. The highest BCUT2D eigenvalue weighted by Crippen LogP contribution is 2.29. The highest BCUT2D eigenvalue weighted by atomic mass is 16.5. The van der Waals surface area contributed by atoms with Gasteiger partial charge in [-0.05, 0) is 52.8 Å². The largest absolute Gasteiger partial charge is 0.468 e. The van der Waals surface area contributed by atoms with E-state index in [0.717, 1.165) is 22.6 Å². The van der Waals surface area contributed by atoms with E-state index in [-0.39, 0.29) is 17.4 Å². The van der Waals surface area contributed by atoms with Gasteiger partial charge in [-0.1, -0.05) is 39.0 Å². The second-order valence-corrected chi connectivity index (χ2v) is 7.47. The van der Waals surface area contributed by atoms with Gasteiger partial charge < -0.3 is 14.8 Å². The molecule has 0 amide bonds. The van der Waals surface area contributed by atoms with E-state index < -0.39 is 0 Å². The van der Waals surface area contributed by atoms with Crippen molar-refractivity contribution in [1.29, 1.82) is 0 Å². The highest BCUT2D eigenvalue weighted by molar-refractivity contribution is 5.76. The highest BCUT2D eigenvalue weighted by Gasteiger charge is 2.25. The van der Waals surface area contributed by atoms with Crippen LogP contribution in [0.2, 0.25) is 0 Å². The molecule has 0 saturated carbocycles. The molecular weight excluding hydrogens is 314 g/mol. The Kier molecular flexibility index (Phi) is 4.82. The van der Waals surface area contributed by atoms with Crippen LogP contribution in [-0.2, 0) is 27.9 Å². The van der Waals surface area contributed by atoms with E-state index in [2.05, 4.69) is 38.2 Å². The first kappa shape index (κ1) is 17.5. The van der Waals surface area contributed by atoms with Crippen molar-refractivity contribution in [2.45, 2.75) is 45.2 Å². The fourth-order valence-electron chi connectivity index (χ4n) is 3.02. The molecular formula is C21H25NO3. The number of rotatable bonds is 3. The fourth-order valence-corrected chi connectivity index (χ4v) is 3.02. The van der Waals surface area contributed by atoms with Crippen LogP contribution in [0.1, 0.15) is 37.5 Å². The van der Waals surface area contributed by atoms with Gasteiger partial charge >= 0.3 is 5.97 Å². The Morgan fingerprint density at radius 3 is 2.36 bits per heavy atom. The molecule has 2 aromatic carbocycles. The Balaban J connectivity index is 1.72. The molecule has 0 aliphatic carbocycles. The summed E-state index contributed by atoms with van der Waals surface area (Å²) >= 11 is 0. The van der Waals surface area contributed by atoms with Crippen molar-refractivity contribution < 1.29 is 14.3 Å². The molecule has 1 aliphatic heterocycles. The van der Waals surface area contributed by atoms with Gasteiger partial charge in [-0.15, -0.1) is 0 Å². The summed E-state index contributed by atoms with van der Waals surface area (Å²) in [5.41, 5.74) is 3.73. The van der Waals surface area contributed by atoms with Crippen molar-refractivity contribution in [2.24, 2.45) is 0 Å². The molecule has 0 bridgehead atoms. The van der Waals surface area contributed by atoms with Gasteiger partial charge in [0.05, 0.1) is 7.11 Å². The average Bonchev–Trinajstić information content (AvgIpc) is 2.60. The van der Waals surface area contributed by atoms with Crippen LogP contribution < -0.4 is 10.1 Å². The lowest BCUT2D eigenvalue weighted by Gasteiger charge is -2.24.